The largest absolute Gasteiger partial charge is 0.493 e. The van der Waals surface area contributed by atoms with Gasteiger partial charge in [0.15, 0.2) is 0 Å². The molecule has 0 aliphatic carbocycles. The van der Waals surface area contributed by atoms with E-state index >= 15 is 0 Å². The summed E-state index contributed by atoms with van der Waals surface area (Å²) in [5, 5.41) is 3.56. The Kier molecular flexibility index (Phi) is 3.49. The van der Waals surface area contributed by atoms with Gasteiger partial charge in [0.25, 0.3) is 0 Å². The van der Waals surface area contributed by atoms with Crippen molar-refractivity contribution in [3.63, 3.8) is 0 Å². The summed E-state index contributed by atoms with van der Waals surface area (Å²) in [6.07, 6.45) is 1.04. The Morgan fingerprint density at radius 3 is 2.88 bits per heavy atom. The first-order valence-corrected chi connectivity index (χ1v) is 6.25. The minimum Gasteiger partial charge on any atom is -0.493 e. The summed E-state index contributed by atoms with van der Waals surface area (Å²) in [5.41, 5.74) is 2.66. The number of hydrogen-bond donors (Lipinski definition) is 1. The van der Waals surface area contributed by atoms with Gasteiger partial charge in [-0.1, -0.05) is 39.0 Å². The molecule has 0 spiro atoms. The Balaban J connectivity index is 2.39. The summed E-state index contributed by atoms with van der Waals surface area (Å²) in [7, 11) is 0. The van der Waals surface area contributed by atoms with Gasteiger partial charge in [0, 0.05) is 17.5 Å². The van der Waals surface area contributed by atoms with Crippen molar-refractivity contribution < 1.29 is 4.74 Å². The molecule has 2 atom stereocenters. The number of benzene rings is 1. The maximum Gasteiger partial charge on any atom is 0.127 e. The lowest BCUT2D eigenvalue weighted by Gasteiger charge is -2.33. The molecule has 2 nitrogen and oxygen atoms in total. The molecular weight excluding hydrogens is 198 g/mol. The molecule has 1 aromatic rings. The average Bonchev–Trinajstić information content (AvgIpc) is 2.32. The summed E-state index contributed by atoms with van der Waals surface area (Å²) in [4.78, 5) is 0. The summed E-state index contributed by atoms with van der Waals surface area (Å²) in [6.45, 7) is 8.41. The van der Waals surface area contributed by atoms with Gasteiger partial charge < -0.3 is 10.1 Å². The Bertz CT molecular complexity index is 362. The van der Waals surface area contributed by atoms with Crippen molar-refractivity contribution in [1.82, 2.24) is 5.32 Å². The Morgan fingerprint density at radius 2 is 2.19 bits per heavy atom. The summed E-state index contributed by atoms with van der Waals surface area (Å²) < 4.78 is 5.89. The van der Waals surface area contributed by atoms with E-state index in [2.05, 4.69) is 44.3 Å². The molecule has 1 aliphatic heterocycles. The molecule has 0 saturated heterocycles. The Morgan fingerprint density at radius 1 is 1.38 bits per heavy atom. The summed E-state index contributed by atoms with van der Waals surface area (Å²) >= 11 is 0. The second kappa shape index (κ2) is 4.88. The topological polar surface area (TPSA) is 21.3 Å². The van der Waals surface area contributed by atoms with Crippen LogP contribution in [-0.2, 0) is 6.42 Å². The molecule has 0 fully saturated rings. The third kappa shape index (κ3) is 1.94. The molecule has 1 aliphatic rings. The number of nitrogens with one attached hydrogen (secondary N) is 1. The molecule has 2 unspecified atom stereocenters. The minimum atomic E-state index is 0.445. The molecule has 16 heavy (non-hydrogen) atoms. The lowest BCUT2D eigenvalue weighted by molar-refractivity contribution is 0.188. The smallest absolute Gasteiger partial charge is 0.127 e. The van der Waals surface area contributed by atoms with Gasteiger partial charge in [-0.15, -0.1) is 0 Å². The van der Waals surface area contributed by atoms with E-state index in [1.807, 2.05) is 0 Å². The van der Waals surface area contributed by atoms with Gasteiger partial charge >= 0.3 is 0 Å². The zero-order valence-corrected chi connectivity index (χ0v) is 10.4. The second-order valence-corrected chi connectivity index (χ2v) is 4.51. The fraction of sp³-hybridized carbons (Fsp3) is 0.571. The molecular formula is C14H21NO. The molecule has 0 radical (unpaired) electrons. The van der Waals surface area contributed by atoms with Crippen LogP contribution in [0.3, 0.4) is 0 Å². The maximum atomic E-state index is 5.89. The van der Waals surface area contributed by atoms with Crippen LogP contribution in [0.25, 0.3) is 0 Å². The van der Waals surface area contributed by atoms with E-state index in [0.717, 1.165) is 25.3 Å². The molecule has 0 amide bonds. The molecule has 2 heteroatoms. The van der Waals surface area contributed by atoms with E-state index in [-0.39, 0.29) is 0 Å². The highest BCUT2D eigenvalue weighted by atomic mass is 16.5. The van der Waals surface area contributed by atoms with E-state index in [9.17, 15) is 0 Å². The highest BCUT2D eigenvalue weighted by Gasteiger charge is 2.28. The fourth-order valence-corrected chi connectivity index (χ4v) is 2.45. The lowest BCUT2D eigenvalue weighted by atomic mass is 9.90. The Hall–Kier alpha value is -1.02. The van der Waals surface area contributed by atoms with Crippen molar-refractivity contribution in [2.45, 2.75) is 33.2 Å². The third-order valence-corrected chi connectivity index (χ3v) is 3.33. The lowest BCUT2D eigenvalue weighted by Crippen LogP contribution is -2.34. The molecule has 2 rings (SSSR count). The fourth-order valence-electron chi connectivity index (χ4n) is 2.45. The van der Waals surface area contributed by atoms with Crippen molar-refractivity contribution in [2.24, 2.45) is 5.92 Å². The zero-order chi connectivity index (χ0) is 11.5. The van der Waals surface area contributed by atoms with Gasteiger partial charge in [-0.05, 0) is 18.5 Å². The van der Waals surface area contributed by atoms with Crippen molar-refractivity contribution in [3.05, 3.63) is 29.3 Å². The summed E-state index contributed by atoms with van der Waals surface area (Å²) in [5.74, 6) is 1.66. The van der Waals surface area contributed by atoms with Crippen LogP contribution in [-0.4, -0.2) is 13.2 Å². The first-order valence-electron chi connectivity index (χ1n) is 6.25. The zero-order valence-electron chi connectivity index (χ0n) is 10.4. The van der Waals surface area contributed by atoms with Gasteiger partial charge in [0.05, 0.1) is 6.61 Å². The molecule has 0 bridgehead atoms. The standard InChI is InChI=1S/C14H21NO/c1-4-11-7-6-8-12-13(15-5-2)10(3)9-16-14(11)12/h6-8,10,13,15H,4-5,9H2,1-3H3. The van der Waals surface area contributed by atoms with Gasteiger partial charge in [0.2, 0.25) is 0 Å². The summed E-state index contributed by atoms with van der Waals surface area (Å²) in [6, 6.07) is 6.94. The van der Waals surface area contributed by atoms with E-state index < -0.39 is 0 Å². The average molecular weight is 219 g/mol. The Labute approximate surface area is 98.0 Å². The van der Waals surface area contributed by atoms with Crippen LogP contribution < -0.4 is 10.1 Å². The number of para-hydroxylation sites is 1. The number of ether oxygens (including phenoxy) is 1. The molecule has 1 aromatic carbocycles. The van der Waals surface area contributed by atoms with Crippen LogP contribution in [0.5, 0.6) is 5.75 Å². The number of fused-ring (bicyclic) bond motifs is 1. The van der Waals surface area contributed by atoms with Crippen molar-refractivity contribution in [1.29, 1.82) is 0 Å². The molecule has 1 heterocycles. The second-order valence-electron chi connectivity index (χ2n) is 4.51. The quantitative estimate of drug-likeness (QED) is 0.844. The van der Waals surface area contributed by atoms with Crippen LogP contribution in [0.2, 0.25) is 0 Å². The highest BCUT2D eigenvalue weighted by Crippen LogP contribution is 2.37. The first-order chi connectivity index (χ1) is 7.77. The van der Waals surface area contributed by atoms with E-state index in [1.165, 1.54) is 11.1 Å². The number of rotatable bonds is 3. The van der Waals surface area contributed by atoms with Crippen LogP contribution in [0.15, 0.2) is 18.2 Å². The predicted octanol–water partition coefficient (Wildman–Crippen LogP) is 2.93. The van der Waals surface area contributed by atoms with Gasteiger partial charge in [-0.25, -0.2) is 0 Å². The van der Waals surface area contributed by atoms with Crippen molar-refractivity contribution >= 4 is 0 Å². The monoisotopic (exact) mass is 219 g/mol. The molecule has 1 N–H and O–H groups in total. The first kappa shape index (κ1) is 11.5. The van der Waals surface area contributed by atoms with Crippen LogP contribution in [0.4, 0.5) is 0 Å². The van der Waals surface area contributed by atoms with E-state index in [4.69, 9.17) is 4.74 Å². The van der Waals surface area contributed by atoms with E-state index in [1.54, 1.807) is 0 Å². The van der Waals surface area contributed by atoms with Gasteiger partial charge in [0.1, 0.15) is 5.75 Å². The van der Waals surface area contributed by atoms with Crippen molar-refractivity contribution in [2.75, 3.05) is 13.2 Å². The SMILES string of the molecule is CCNC1c2cccc(CC)c2OCC1C. The minimum absolute atomic E-state index is 0.445. The van der Waals surface area contributed by atoms with E-state index in [0.29, 0.717) is 12.0 Å². The van der Waals surface area contributed by atoms with Crippen LogP contribution in [0.1, 0.15) is 37.9 Å². The normalized spacial score (nSPS) is 23.7. The maximum absolute atomic E-state index is 5.89. The van der Waals surface area contributed by atoms with Gasteiger partial charge in [-0.3, -0.25) is 0 Å². The molecule has 0 aromatic heterocycles. The van der Waals surface area contributed by atoms with Crippen molar-refractivity contribution in [3.8, 4) is 5.75 Å². The predicted molar refractivity (Wildman–Crippen MR) is 66.9 cm³/mol. The van der Waals surface area contributed by atoms with Gasteiger partial charge in [-0.2, -0.15) is 0 Å². The highest BCUT2D eigenvalue weighted by molar-refractivity contribution is 5.45. The third-order valence-electron chi connectivity index (χ3n) is 3.33. The molecule has 0 saturated carbocycles. The number of aryl methyl sites for hydroxylation is 1. The molecule has 88 valence electrons. The van der Waals surface area contributed by atoms with Crippen LogP contribution >= 0.6 is 0 Å². The number of hydrogen-bond acceptors (Lipinski definition) is 2. The van der Waals surface area contributed by atoms with Crippen LogP contribution in [0, 0.1) is 5.92 Å².